The number of amides is 1. The number of aromatic nitrogens is 1. The van der Waals surface area contributed by atoms with Crippen LogP contribution in [0.3, 0.4) is 0 Å². The van der Waals surface area contributed by atoms with Gasteiger partial charge in [0.05, 0.1) is 23.7 Å². The van der Waals surface area contributed by atoms with Crippen molar-refractivity contribution in [1.29, 1.82) is 0 Å². The van der Waals surface area contributed by atoms with E-state index in [1.165, 1.54) is 7.11 Å². The van der Waals surface area contributed by atoms with E-state index in [0.29, 0.717) is 42.8 Å². The molecule has 0 bridgehead atoms. The molecule has 3 rings (SSSR count). The number of ether oxygens (including phenoxy) is 1. The Bertz CT molecular complexity index is 947. The molecule has 1 aliphatic heterocycles. The van der Waals surface area contributed by atoms with Crippen LogP contribution < -0.4 is 4.74 Å². The Labute approximate surface area is 180 Å². The van der Waals surface area contributed by atoms with Crippen molar-refractivity contribution in [2.75, 3.05) is 39.8 Å². The van der Waals surface area contributed by atoms with Gasteiger partial charge in [0, 0.05) is 50.2 Å². The van der Waals surface area contributed by atoms with Gasteiger partial charge in [-0.1, -0.05) is 23.2 Å². The predicted octanol–water partition coefficient (Wildman–Crippen LogP) is 3.60. The summed E-state index contributed by atoms with van der Waals surface area (Å²) < 4.78 is 7.31. The average molecular weight is 438 g/mol. The molecule has 1 aromatic heterocycles. The maximum atomic E-state index is 13.0. The van der Waals surface area contributed by atoms with Gasteiger partial charge in [0.1, 0.15) is 5.56 Å². The van der Waals surface area contributed by atoms with Crippen LogP contribution in [0.2, 0.25) is 10.0 Å². The van der Waals surface area contributed by atoms with E-state index in [4.69, 9.17) is 27.9 Å². The molecule has 156 valence electrons. The van der Waals surface area contributed by atoms with E-state index in [0.717, 1.165) is 17.0 Å². The van der Waals surface area contributed by atoms with Crippen LogP contribution in [0, 0.1) is 13.8 Å². The topological polar surface area (TPSA) is 54.8 Å². The molecule has 2 heterocycles. The Balaban J connectivity index is 1.65. The van der Waals surface area contributed by atoms with Crippen molar-refractivity contribution in [1.82, 2.24) is 14.4 Å². The number of nitrogens with zero attached hydrogens (tertiary/aromatic N) is 3. The van der Waals surface area contributed by atoms with Crippen LogP contribution in [-0.4, -0.2) is 65.9 Å². The summed E-state index contributed by atoms with van der Waals surface area (Å²) in [6, 6.07) is 5.14. The fraction of sp³-hybridized carbons (Fsp3) is 0.429. The Morgan fingerprint density at radius 3 is 2.24 bits per heavy atom. The molecular weight excluding hydrogens is 413 g/mol. The summed E-state index contributed by atoms with van der Waals surface area (Å²) in [6.07, 6.45) is 0. The van der Waals surface area contributed by atoms with Crippen molar-refractivity contribution >= 4 is 34.9 Å². The van der Waals surface area contributed by atoms with E-state index >= 15 is 0 Å². The number of hydrogen-bond acceptors (Lipinski definition) is 4. The van der Waals surface area contributed by atoms with Crippen molar-refractivity contribution in [2.24, 2.45) is 7.05 Å². The zero-order valence-electron chi connectivity index (χ0n) is 17.1. The lowest BCUT2D eigenvalue weighted by Gasteiger charge is -2.34. The highest BCUT2D eigenvalue weighted by molar-refractivity contribution is 6.37. The number of ketones is 1. The number of hydrogen-bond donors (Lipinski definition) is 0. The Morgan fingerprint density at radius 2 is 1.69 bits per heavy atom. The standard InChI is InChI=1S/C21H25Cl2N3O3/c1-13-11-15(14(2)24(13)3)18(27)12-25-7-9-26(10-8-25)21(28)19-16(22)5-6-17(23)20(19)29-4/h5-6,11H,7-10,12H2,1-4H3. The van der Waals surface area contributed by atoms with Crippen LogP contribution in [0.1, 0.15) is 32.1 Å². The first kappa shape index (κ1) is 21.7. The minimum absolute atomic E-state index is 0.102. The fourth-order valence-electron chi connectivity index (χ4n) is 3.63. The SMILES string of the molecule is COc1c(Cl)ccc(Cl)c1C(=O)N1CCN(CC(=O)c2cc(C)n(C)c2C)CC1. The van der Waals surface area contributed by atoms with Crippen molar-refractivity contribution in [2.45, 2.75) is 13.8 Å². The largest absolute Gasteiger partial charge is 0.494 e. The van der Waals surface area contributed by atoms with Crippen molar-refractivity contribution in [3.05, 3.63) is 50.8 Å². The van der Waals surface area contributed by atoms with Gasteiger partial charge in [-0.2, -0.15) is 0 Å². The predicted molar refractivity (Wildman–Crippen MR) is 115 cm³/mol. The molecule has 2 aromatic rings. The molecule has 1 amide bonds. The van der Waals surface area contributed by atoms with Crippen LogP contribution in [0.5, 0.6) is 5.75 Å². The number of carbonyl (C=O) groups is 2. The number of halogens is 2. The molecule has 1 aromatic carbocycles. The van der Waals surface area contributed by atoms with E-state index in [9.17, 15) is 9.59 Å². The number of aryl methyl sites for hydroxylation is 1. The van der Waals surface area contributed by atoms with Crippen LogP contribution in [0.4, 0.5) is 0 Å². The summed E-state index contributed by atoms with van der Waals surface area (Å²) >= 11 is 12.4. The van der Waals surface area contributed by atoms with Gasteiger partial charge >= 0.3 is 0 Å². The normalized spacial score (nSPS) is 14.9. The first-order chi connectivity index (χ1) is 13.7. The van der Waals surface area contributed by atoms with Crippen LogP contribution >= 0.6 is 23.2 Å². The number of Topliss-reactive ketones (excluding diaryl/α,β-unsaturated/α-hetero) is 1. The van der Waals surface area contributed by atoms with E-state index < -0.39 is 0 Å². The first-order valence-corrected chi connectivity index (χ1v) is 10.2. The fourth-order valence-corrected chi connectivity index (χ4v) is 4.09. The summed E-state index contributed by atoms with van der Waals surface area (Å²) in [5.74, 6) is 0.178. The monoisotopic (exact) mass is 437 g/mol. The number of rotatable bonds is 5. The van der Waals surface area contributed by atoms with Gasteiger partial charge < -0.3 is 14.2 Å². The zero-order valence-corrected chi connectivity index (χ0v) is 18.6. The molecule has 1 fully saturated rings. The van der Waals surface area contributed by atoms with Gasteiger partial charge in [-0.3, -0.25) is 14.5 Å². The maximum Gasteiger partial charge on any atom is 0.259 e. The lowest BCUT2D eigenvalue weighted by molar-refractivity contribution is 0.0621. The molecular formula is C21H25Cl2N3O3. The van der Waals surface area contributed by atoms with Crippen LogP contribution in [0.15, 0.2) is 18.2 Å². The lowest BCUT2D eigenvalue weighted by Crippen LogP contribution is -2.50. The highest BCUT2D eigenvalue weighted by Gasteiger charge is 2.28. The molecule has 0 aliphatic carbocycles. The van der Waals surface area contributed by atoms with E-state index in [1.54, 1.807) is 17.0 Å². The summed E-state index contributed by atoms with van der Waals surface area (Å²) in [5, 5.41) is 0.654. The third kappa shape index (κ3) is 4.29. The molecule has 1 aliphatic rings. The van der Waals surface area contributed by atoms with Gasteiger partial charge in [-0.25, -0.2) is 0 Å². The van der Waals surface area contributed by atoms with Crippen molar-refractivity contribution in [3.8, 4) is 5.75 Å². The number of benzene rings is 1. The Morgan fingerprint density at radius 1 is 1.07 bits per heavy atom. The molecule has 8 heteroatoms. The second-order valence-corrected chi connectivity index (χ2v) is 8.09. The second kappa shape index (κ2) is 8.78. The minimum atomic E-state index is -0.213. The van der Waals surface area contributed by atoms with Crippen molar-refractivity contribution in [3.63, 3.8) is 0 Å². The molecule has 29 heavy (non-hydrogen) atoms. The molecule has 0 N–H and O–H groups in total. The highest BCUT2D eigenvalue weighted by Crippen LogP contribution is 2.34. The third-order valence-electron chi connectivity index (χ3n) is 5.58. The number of methoxy groups -OCH3 is 1. The molecule has 0 saturated carbocycles. The Hall–Kier alpha value is -2.02. The smallest absolute Gasteiger partial charge is 0.259 e. The molecule has 0 radical (unpaired) electrons. The number of piperazine rings is 1. The maximum absolute atomic E-state index is 13.0. The van der Waals surface area contributed by atoms with Crippen molar-refractivity contribution < 1.29 is 14.3 Å². The molecule has 0 atom stereocenters. The summed E-state index contributed by atoms with van der Waals surface area (Å²) in [7, 11) is 3.42. The Kier molecular flexibility index (Phi) is 6.56. The lowest BCUT2D eigenvalue weighted by atomic mass is 10.1. The van der Waals surface area contributed by atoms with Gasteiger partial charge in [0.2, 0.25) is 0 Å². The quantitative estimate of drug-likeness (QED) is 0.670. The minimum Gasteiger partial charge on any atom is -0.494 e. The zero-order chi connectivity index (χ0) is 21.3. The van der Waals surface area contributed by atoms with E-state index in [-0.39, 0.29) is 23.0 Å². The summed E-state index contributed by atoms with van der Waals surface area (Å²) in [6.45, 7) is 6.53. The highest BCUT2D eigenvalue weighted by atomic mass is 35.5. The average Bonchev–Trinajstić information content (AvgIpc) is 2.97. The summed E-state index contributed by atoms with van der Waals surface area (Å²) in [4.78, 5) is 29.5. The van der Waals surface area contributed by atoms with Gasteiger partial charge in [-0.05, 0) is 32.0 Å². The van der Waals surface area contributed by atoms with E-state index in [2.05, 4.69) is 4.90 Å². The molecule has 6 nitrogen and oxygen atoms in total. The number of carbonyl (C=O) groups excluding carboxylic acids is 2. The first-order valence-electron chi connectivity index (χ1n) is 9.44. The molecule has 1 saturated heterocycles. The summed E-state index contributed by atoms with van der Waals surface area (Å²) in [5.41, 5.74) is 3.08. The van der Waals surface area contributed by atoms with E-state index in [1.807, 2.05) is 31.5 Å². The van der Waals surface area contributed by atoms with Gasteiger partial charge in [-0.15, -0.1) is 0 Å². The van der Waals surface area contributed by atoms with Gasteiger partial charge in [0.15, 0.2) is 11.5 Å². The van der Waals surface area contributed by atoms with Crippen LogP contribution in [-0.2, 0) is 7.05 Å². The van der Waals surface area contributed by atoms with Gasteiger partial charge in [0.25, 0.3) is 5.91 Å². The third-order valence-corrected chi connectivity index (χ3v) is 6.19. The van der Waals surface area contributed by atoms with Crippen LogP contribution in [0.25, 0.3) is 0 Å². The second-order valence-electron chi connectivity index (χ2n) is 7.27. The molecule has 0 spiro atoms. The molecule has 0 unspecified atom stereocenters.